The first kappa shape index (κ1) is 13.0. The van der Waals surface area contributed by atoms with Crippen LogP contribution < -0.4 is 10.6 Å². The highest BCUT2D eigenvalue weighted by molar-refractivity contribution is 5.95. The van der Waals surface area contributed by atoms with Crippen molar-refractivity contribution in [3.8, 4) is 0 Å². The number of anilines is 1. The van der Waals surface area contributed by atoms with Gasteiger partial charge in [-0.15, -0.1) is 0 Å². The van der Waals surface area contributed by atoms with Gasteiger partial charge in [-0.05, 0) is 38.1 Å². The van der Waals surface area contributed by atoms with Crippen molar-refractivity contribution in [1.29, 1.82) is 0 Å². The molecule has 1 aromatic rings. The third-order valence-corrected chi connectivity index (χ3v) is 3.38. The molecule has 0 bridgehead atoms. The lowest BCUT2D eigenvalue weighted by atomic mass is 9.78. The van der Waals surface area contributed by atoms with Gasteiger partial charge in [-0.1, -0.05) is 0 Å². The molecule has 2 N–H and O–H groups in total. The van der Waals surface area contributed by atoms with E-state index in [0.29, 0.717) is 6.61 Å². The third kappa shape index (κ3) is 2.86. The molecule has 0 unspecified atom stereocenters. The van der Waals surface area contributed by atoms with Crippen molar-refractivity contribution >= 4 is 11.6 Å². The largest absolute Gasteiger partial charge is 0.384 e. The maximum Gasteiger partial charge on any atom is 0.233 e. The maximum atomic E-state index is 12.4. The molecular formula is C13H19N3O2. The number of methoxy groups -OCH3 is 1. The minimum absolute atomic E-state index is 0.0267. The van der Waals surface area contributed by atoms with Crippen molar-refractivity contribution in [2.45, 2.75) is 12.8 Å². The van der Waals surface area contributed by atoms with Gasteiger partial charge in [-0.25, -0.2) is 0 Å². The van der Waals surface area contributed by atoms with Crippen LogP contribution in [-0.2, 0) is 9.53 Å². The van der Waals surface area contributed by atoms with Gasteiger partial charge in [-0.3, -0.25) is 9.78 Å². The normalized spacial score (nSPS) is 18.3. The van der Waals surface area contributed by atoms with E-state index in [2.05, 4.69) is 15.6 Å². The Hall–Kier alpha value is -1.46. The Morgan fingerprint density at radius 3 is 2.94 bits per heavy atom. The molecule has 1 fully saturated rings. The first-order chi connectivity index (χ1) is 8.77. The molecule has 2 rings (SSSR count). The summed E-state index contributed by atoms with van der Waals surface area (Å²) in [6.45, 7) is 2.16. The van der Waals surface area contributed by atoms with Gasteiger partial charge in [0.25, 0.3) is 0 Å². The van der Waals surface area contributed by atoms with Crippen LogP contribution in [0.2, 0.25) is 0 Å². The first-order valence-corrected chi connectivity index (χ1v) is 6.18. The average Bonchev–Trinajstić information content (AvgIpc) is 2.41. The fourth-order valence-electron chi connectivity index (χ4n) is 2.32. The smallest absolute Gasteiger partial charge is 0.233 e. The molecule has 18 heavy (non-hydrogen) atoms. The van der Waals surface area contributed by atoms with Crippen molar-refractivity contribution in [1.82, 2.24) is 10.3 Å². The second-order valence-corrected chi connectivity index (χ2v) is 4.66. The van der Waals surface area contributed by atoms with E-state index >= 15 is 0 Å². The van der Waals surface area contributed by atoms with E-state index in [-0.39, 0.29) is 5.91 Å². The molecule has 1 aromatic heterocycles. The monoisotopic (exact) mass is 249 g/mol. The number of carbonyl (C=O) groups is 1. The van der Waals surface area contributed by atoms with Crippen LogP contribution in [0.25, 0.3) is 0 Å². The molecule has 0 saturated carbocycles. The number of rotatable bonds is 4. The summed E-state index contributed by atoms with van der Waals surface area (Å²) >= 11 is 0. The van der Waals surface area contributed by atoms with E-state index in [1.54, 1.807) is 25.6 Å². The Morgan fingerprint density at radius 1 is 1.56 bits per heavy atom. The molecule has 0 radical (unpaired) electrons. The molecule has 2 heterocycles. The zero-order chi connectivity index (χ0) is 12.8. The van der Waals surface area contributed by atoms with Gasteiger partial charge < -0.3 is 15.4 Å². The van der Waals surface area contributed by atoms with Gasteiger partial charge in [0.05, 0.1) is 23.9 Å². The van der Waals surface area contributed by atoms with E-state index in [4.69, 9.17) is 4.74 Å². The Bertz CT molecular complexity index is 383. The van der Waals surface area contributed by atoms with Crippen LogP contribution in [0.15, 0.2) is 24.5 Å². The number of pyridine rings is 1. The number of carbonyl (C=O) groups excluding carboxylic acids is 1. The maximum absolute atomic E-state index is 12.4. The van der Waals surface area contributed by atoms with E-state index in [1.807, 2.05) is 6.07 Å². The lowest BCUT2D eigenvalue weighted by Gasteiger charge is -2.35. The summed E-state index contributed by atoms with van der Waals surface area (Å²) in [7, 11) is 1.64. The van der Waals surface area contributed by atoms with Gasteiger partial charge in [0.2, 0.25) is 5.91 Å². The number of hydrogen-bond acceptors (Lipinski definition) is 4. The molecule has 5 nitrogen and oxygen atoms in total. The molecule has 1 aliphatic rings. The van der Waals surface area contributed by atoms with Gasteiger partial charge in [-0.2, -0.15) is 0 Å². The zero-order valence-corrected chi connectivity index (χ0v) is 10.6. The molecule has 98 valence electrons. The topological polar surface area (TPSA) is 63.2 Å². The van der Waals surface area contributed by atoms with Gasteiger partial charge >= 0.3 is 0 Å². The number of hydrogen-bond donors (Lipinski definition) is 2. The summed E-state index contributed by atoms with van der Waals surface area (Å²) < 4.78 is 5.24. The van der Waals surface area contributed by atoms with Crippen LogP contribution in [0.3, 0.4) is 0 Å². The molecule has 0 aromatic carbocycles. The van der Waals surface area contributed by atoms with Crippen molar-refractivity contribution in [2.24, 2.45) is 5.41 Å². The lowest BCUT2D eigenvalue weighted by molar-refractivity contribution is -0.130. The Labute approximate surface area is 107 Å². The van der Waals surface area contributed by atoms with Crippen molar-refractivity contribution < 1.29 is 9.53 Å². The van der Waals surface area contributed by atoms with E-state index in [1.165, 1.54) is 0 Å². The number of nitrogens with zero attached hydrogens (tertiary/aromatic N) is 1. The van der Waals surface area contributed by atoms with Crippen LogP contribution in [-0.4, -0.2) is 37.7 Å². The SMILES string of the molecule is COCC1(C(=O)Nc2cccnc2)CCNCC1. The second-order valence-electron chi connectivity index (χ2n) is 4.66. The molecule has 1 saturated heterocycles. The fourth-order valence-corrected chi connectivity index (χ4v) is 2.32. The summed E-state index contributed by atoms with van der Waals surface area (Å²) in [5, 5.41) is 6.20. The minimum atomic E-state index is -0.421. The molecule has 5 heteroatoms. The lowest BCUT2D eigenvalue weighted by Crippen LogP contribution is -2.47. The molecule has 0 atom stereocenters. The standard InChI is InChI=1S/C13H19N3O2/c1-18-10-13(4-7-14-8-5-13)12(17)16-11-3-2-6-15-9-11/h2-3,6,9,14H,4-5,7-8,10H2,1H3,(H,16,17). The zero-order valence-electron chi connectivity index (χ0n) is 10.6. The predicted molar refractivity (Wildman–Crippen MR) is 69.3 cm³/mol. The van der Waals surface area contributed by atoms with Gasteiger partial charge in [0.15, 0.2) is 0 Å². The minimum Gasteiger partial charge on any atom is -0.384 e. The quantitative estimate of drug-likeness (QED) is 0.837. The summed E-state index contributed by atoms with van der Waals surface area (Å²) in [6, 6.07) is 3.65. The summed E-state index contributed by atoms with van der Waals surface area (Å²) in [5.41, 5.74) is 0.312. The van der Waals surface area contributed by atoms with Crippen LogP contribution >= 0.6 is 0 Å². The number of amides is 1. The molecule has 1 amide bonds. The fraction of sp³-hybridized carbons (Fsp3) is 0.538. The van der Waals surface area contributed by atoms with Crippen LogP contribution in [0, 0.1) is 5.41 Å². The summed E-state index contributed by atoms with van der Waals surface area (Å²) in [5.74, 6) is 0.0267. The molecule has 0 spiro atoms. The molecule has 1 aliphatic heterocycles. The Morgan fingerprint density at radius 2 is 2.33 bits per heavy atom. The molecule has 0 aliphatic carbocycles. The number of aromatic nitrogens is 1. The highest BCUT2D eigenvalue weighted by atomic mass is 16.5. The number of nitrogens with one attached hydrogen (secondary N) is 2. The van der Waals surface area contributed by atoms with Crippen LogP contribution in [0.4, 0.5) is 5.69 Å². The van der Waals surface area contributed by atoms with Crippen LogP contribution in [0.5, 0.6) is 0 Å². The van der Waals surface area contributed by atoms with Crippen molar-refractivity contribution in [3.05, 3.63) is 24.5 Å². The third-order valence-electron chi connectivity index (χ3n) is 3.38. The number of piperidine rings is 1. The van der Waals surface area contributed by atoms with Gasteiger partial charge in [0, 0.05) is 13.3 Å². The second kappa shape index (κ2) is 5.93. The molecular weight excluding hydrogens is 230 g/mol. The average molecular weight is 249 g/mol. The van der Waals surface area contributed by atoms with E-state index < -0.39 is 5.41 Å². The van der Waals surface area contributed by atoms with E-state index in [9.17, 15) is 4.79 Å². The Kier molecular flexibility index (Phi) is 4.28. The highest BCUT2D eigenvalue weighted by Crippen LogP contribution is 2.30. The van der Waals surface area contributed by atoms with Crippen molar-refractivity contribution in [3.63, 3.8) is 0 Å². The predicted octanol–water partition coefficient (Wildman–Crippen LogP) is 1.04. The van der Waals surface area contributed by atoms with Gasteiger partial charge in [0.1, 0.15) is 0 Å². The summed E-state index contributed by atoms with van der Waals surface area (Å²) in [4.78, 5) is 16.4. The van der Waals surface area contributed by atoms with E-state index in [0.717, 1.165) is 31.6 Å². The first-order valence-electron chi connectivity index (χ1n) is 6.18. The van der Waals surface area contributed by atoms with Crippen molar-refractivity contribution in [2.75, 3.05) is 32.1 Å². The number of ether oxygens (including phenoxy) is 1. The van der Waals surface area contributed by atoms with Crippen LogP contribution in [0.1, 0.15) is 12.8 Å². The Balaban J connectivity index is 2.08. The summed E-state index contributed by atoms with van der Waals surface area (Å²) in [6.07, 6.45) is 4.93. The highest BCUT2D eigenvalue weighted by Gasteiger charge is 2.39.